The van der Waals surface area contributed by atoms with Gasteiger partial charge in [-0.1, -0.05) is 23.5 Å². The highest BCUT2D eigenvalue weighted by Gasteiger charge is 2.12. The van der Waals surface area contributed by atoms with Crippen LogP contribution in [0, 0.1) is 6.92 Å². The van der Waals surface area contributed by atoms with Crippen LogP contribution >= 0.6 is 11.3 Å². The van der Waals surface area contributed by atoms with E-state index in [1.165, 1.54) is 10.3 Å². The Labute approximate surface area is 94.3 Å². The number of para-hydroxylation sites is 1. The Kier molecular flexibility index (Phi) is 2.43. The number of rotatable bonds is 1. The summed E-state index contributed by atoms with van der Waals surface area (Å²) in [5, 5.41) is 4.41. The van der Waals surface area contributed by atoms with Crippen LogP contribution in [0.3, 0.4) is 0 Å². The fourth-order valence-electron chi connectivity index (χ4n) is 1.46. The van der Waals surface area contributed by atoms with Gasteiger partial charge < -0.3 is 5.32 Å². The monoisotopic (exact) mass is 220 g/mol. The predicted molar refractivity (Wildman–Crippen MR) is 67.7 cm³/mol. The molecule has 0 amide bonds. The average molecular weight is 220 g/mol. The minimum absolute atomic E-state index is 0.0712. The normalized spacial score (nSPS) is 12.0. The minimum atomic E-state index is 0.0712. The second kappa shape index (κ2) is 3.49. The van der Waals surface area contributed by atoms with Crippen molar-refractivity contribution in [2.75, 3.05) is 5.32 Å². The van der Waals surface area contributed by atoms with Gasteiger partial charge in [0.1, 0.15) is 0 Å². The molecule has 80 valence electrons. The Bertz CT molecular complexity index is 480. The van der Waals surface area contributed by atoms with Crippen LogP contribution in [0.25, 0.3) is 10.2 Å². The first-order valence-electron chi connectivity index (χ1n) is 5.10. The maximum Gasteiger partial charge on any atom is 0.184 e. The van der Waals surface area contributed by atoms with E-state index in [-0.39, 0.29) is 5.54 Å². The van der Waals surface area contributed by atoms with Gasteiger partial charge in [0.25, 0.3) is 0 Å². The number of nitrogens with zero attached hydrogens (tertiary/aromatic N) is 1. The lowest BCUT2D eigenvalue weighted by Crippen LogP contribution is -2.25. The summed E-state index contributed by atoms with van der Waals surface area (Å²) in [6, 6.07) is 6.30. The van der Waals surface area contributed by atoms with Crippen LogP contribution in [0.5, 0.6) is 0 Å². The lowest BCUT2D eigenvalue weighted by molar-refractivity contribution is 0.633. The summed E-state index contributed by atoms with van der Waals surface area (Å²) in [5.41, 5.74) is 2.43. The van der Waals surface area contributed by atoms with Crippen LogP contribution in [0.2, 0.25) is 0 Å². The highest BCUT2D eigenvalue weighted by atomic mass is 32.1. The standard InChI is InChI=1S/C12H16N2S/c1-8-6-5-7-9-10(8)13-11(15-9)14-12(2,3)4/h5-7H,1-4H3,(H,13,14). The molecule has 2 rings (SSSR count). The van der Waals surface area contributed by atoms with Crippen molar-refractivity contribution in [3.05, 3.63) is 23.8 Å². The zero-order valence-corrected chi connectivity index (χ0v) is 10.4. The molecule has 0 unspecified atom stereocenters. The summed E-state index contributed by atoms with van der Waals surface area (Å²) in [5.74, 6) is 0. The summed E-state index contributed by atoms with van der Waals surface area (Å²) in [7, 11) is 0. The summed E-state index contributed by atoms with van der Waals surface area (Å²) in [4.78, 5) is 4.61. The van der Waals surface area contributed by atoms with Crippen LogP contribution < -0.4 is 5.32 Å². The SMILES string of the molecule is Cc1cccc2sc(NC(C)(C)C)nc12. The van der Waals surface area contributed by atoms with Crippen LogP contribution in [0.1, 0.15) is 26.3 Å². The molecule has 0 radical (unpaired) electrons. The van der Waals surface area contributed by atoms with Gasteiger partial charge in [-0.15, -0.1) is 0 Å². The molecule has 0 atom stereocenters. The van der Waals surface area contributed by atoms with Crippen LogP contribution in [0.15, 0.2) is 18.2 Å². The maximum absolute atomic E-state index is 4.61. The molecule has 0 aliphatic carbocycles. The molecule has 1 N–H and O–H groups in total. The Balaban J connectivity index is 2.44. The molecule has 1 aromatic carbocycles. The number of benzene rings is 1. The number of nitrogens with one attached hydrogen (secondary N) is 1. The van der Waals surface area contributed by atoms with E-state index in [1.807, 2.05) is 0 Å². The van der Waals surface area contributed by atoms with Gasteiger partial charge in [-0.2, -0.15) is 0 Å². The van der Waals surface area contributed by atoms with Crippen molar-refractivity contribution in [3.8, 4) is 0 Å². The molecular formula is C12H16N2S. The average Bonchev–Trinajstić information content (AvgIpc) is 2.45. The highest BCUT2D eigenvalue weighted by Crippen LogP contribution is 2.29. The van der Waals surface area contributed by atoms with Gasteiger partial charge in [0.05, 0.1) is 10.2 Å². The van der Waals surface area contributed by atoms with Crippen LogP contribution in [-0.2, 0) is 0 Å². The largest absolute Gasteiger partial charge is 0.357 e. The molecule has 0 saturated carbocycles. The fraction of sp³-hybridized carbons (Fsp3) is 0.417. The molecule has 0 aliphatic rings. The first-order valence-corrected chi connectivity index (χ1v) is 5.92. The van der Waals surface area contributed by atoms with Gasteiger partial charge in [0, 0.05) is 5.54 Å². The van der Waals surface area contributed by atoms with Gasteiger partial charge in [-0.05, 0) is 39.3 Å². The molecule has 2 nitrogen and oxygen atoms in total. The molecule has 0 spiro atoms. The van der Waals surface area contributed by atoms with Crippen molar-refractivity contribution in [1.29, 1.82) is 0 Å². The number of hydrogen-bond donors (Lipinski definition) is 1. The number of aromatic nitrogens is 1. The van der Waals surface area contributed by atoms with Crippen molar-refractivity contribution in [2.24, 2.45) is 0 Å². The second-order valence-corrected chi connectivity index (χ2v) is 5.85. The Morgan fingerprint density at radius 2 is 2.00 bits per heavy atom. The van der Waals surface area contributed by atoms with Crippen LogP contribution in [-0.4, -0.2) is 10.5 Å². The summed E-state index contributed by atoms with van der Waals surface area (Å²) in [6.07, 6.45) is 0. The van der Waals surface area contributed by atoms with Crippen LogP contribution in [0.4, 0.5) is 5.13 Å². The van der Waals surface area contributed by atoms with Gasteiger partial charge in [-0.3, -0.25) is 0 Å². The molecular weight excluding hydrogens is 204 g/mol. The zero-order valence-electron chi connectivity index (χ0n) is 9.59. The maximum atomic E-state index is 4.61. The summed E-state index contributed by atoms with van der Waals surface area (Å²) in [6.45, 7) is 8.53. The Hall–Kier alpha value is -1.09. The fourth-order valence-corrected chi connectivity index (χ4v) is 2.61. The van der Waals surface area contributed by atoms with E-state index in [9.17, 15) is 0 Å². The molecule has 1 aromatic heterocycles. The van der Waals surface area contributed by atoms with E-state index in [2.05, 4.69) is 56.2 Å². The predicted octanol–water partition coefficient (Wildman–Crippen LogP) is 3.82. The van der Waals surface area contributed by atoms with E-state index in [4.69, 9.17) is 0 Å². The molecule has 1 heterocycles. The quantitative estimate of drug-likeness (QED) is 0.790. The summed E-state index contributed by atoms with van der Waals surface area (Å²) < 4.78 is 1.25. The van der Waals surface area contributed by atoms with Gasteiger partial charge in [0.2, 0.25) is 0 Å². The lowest BCUT2D eigenvalue weighted by Gasteiger charge is -2.19. The first-order chi connectivity index (χ1) is 6.96. The van der Waals surface area contributed by atoms with E-state index in [0.717, 1.165) is 10.6 Å². The third kappa shape index (κ3) is 2.29. The van der Waals surface area contributed by atoms with Gasteiger partial charge in [-0.25, -0.2) is 4.98 Å². The van der Waals surface area contributed by atoms with E-state index in [0.29, 0.717) is 0 Å². The molecule has 0 saturated heterocycles. The molecule has 2 aromatic rings. The molecule has 3 heteroatoms. The zero-order chi connectivity index (χ0) is 11.1. The van der Waals surface area contributed by atoms with Crippen molar-refractivity contribution >= 4 is 26.7 Å². The van der Waals surface area contributed by atoms with Gasteiger partial charge >= 0.3 is 0 Å². The molecule has 0 bridgehead atoms. The Morgan fingerprint density at radius 3 is 2.60 bits per heavy atom. The third-order valence-electron chi connectivity index (χ3n) is 2.10. The minimum Gasteiger partial charge on any atom is -0.357 e. The van der Waals surface area contributed by atoms with Gasteiger partial charge in [0.15, 0.2) is 5.13 Å². The topological polar surface area (TPSA) is 24.9 Å². The number of thiazole rings is 1. The smallest absolute Gasteiger partial charge is 0.184 e. The third-order valence-corrected chi connectivity index (χ3v) is 3.04. The highest BCUT2D eigenvalue weighted by molar-refractivity contribution is 7.22. The van der Waals surface area contributed by atoms with E-state index in [1.54, 1.807) is 11.3 Å². The summed E-state index contributed by atoms with van der Waals surface area (Å²) >= 11 is 1.72. The van der Waals surface area contributed by atoms with Crippen molar-refractivity contribution in [2.45, 2.75) is 33.2 Å². The van der Waals surface area contributed by atoms with Crippen molar-refractivity contribution < 1.29 is 0 Å². The second-order valence-electron chi connectivity index (χ2n) is 4.82. The number of hydrogen-bond acceptors (Lipinski definition) is 3. The Morgan fingerprint density at radius 1 is 1.27 bits per heavy atom. The number of anilines is 1. The molecule has 0 aliphatic heterocycles. The first kappa shape index (κ1) is 10.4. The molecule has 0 fully saturated rings. The van der Waals surface area contributed by atoms with Crippen molar-refractivity contribution in [1.82, 2.24) is 4.98 Å². The molecule has 15 heavy (non-hydrogen) atoms. The van der Waals surface area contributed by atoms with E-state index < -0.39 is 0 Å². The van der Waals surface area contributed by atoms with Crippen molar-refractivity contribution in [3.63, 3.8) is 0 Å². The number of aryl methyl sites for hydroxylation is 1. The number of fused-ring (bicyclic) bond motifs is 1. The van der Waals surface area contributed by atoms with E-state index >= 15 is 0 Å². The lowest BCUT2D eigenvalue weighted by atomic mass is 10.1.